The fourth-order valence-electron chi connectivity index (χ4n) is 3.68. The minimum atomic E-state index is -0.789. The molecular weight excluding hydrogens is 367 g/mol. The maximum atomic E-state index is 13.5. The number of hydrogen-bond donors (Lipinski definition) is 2. The van der Waals surface area contributed by atoms with E-state index in [4.69, 9.17) is 0 Å². The maximum Gasteiger partial charge on any atom is 0.253 e. The zero-order chi connectivity index (χ0) is 19.6. The molecule has 1 amide bonds. The number of pyridine rings is 1. The molecule has 1 aliphatic rings. The normalized spacial score (nSPS) is 22.3. The molecule has 1 saturated carbocycles. The molecule has 2 unspecified atom stereocenters. The molecule has 2 N–H and O–H groups in total. The molecule has 27 heavy (non-hydrogen) atoms. The van der Waals surface area contributed by atoms with E-state index in [9.17, 15) is 18.5 Å². The Morgan fingerprint density at radius 3 is 2.70 bits per heavy atom. The van der Waals surface area contributed by atoms with Crippen molar-refractivity contribution in [2.75, 3.05) is 6.26 Å². The van der Waals surface area contributed by atoms with E-state index in [-0.39, 0.29) is 17.2 Å². The van der Waals surface area contributed by atoms with Gasteiger partial charge < -0.3 is 10.4 Å². The minimum Gasteiger partial charge on any atom is -0.505 e. The largest absolute Gasteiger partial charge is 0.505 e. The summed E-state index contributed by atoms with van der Waals surface area (Å²) >= 11 is 0. The average molecular weight is 392 g/mol. The fraction of sp³-hybridized carbons (Fsp3) is 0.500. The highest BCUT2D eigenvalue weighted by molar-refractivity contribution is 7.84. The van der Waals surface area contributed by atoms with E-state index >= 15 is 0 Å². The lowest BCUT2D eigenvalue weighted by Gasteiger charge is -2.30. The van der Waals surface area contributed by atoms with Crippen LogP contribution in [0.1, 0.15) is 49.4 Å². The van der Waals surface area contributed by atoms with Crippen LogP contribution in [0.5, 0.6) is 5.75 Å². The Morgan fingerprint density at radius 1 is 1.33 bits per heavy atom. The lowest BCUT2D eigenvalue weighted by atomic mass is 9.83. The monoisotopic (exact) mass is 392 g/mol. The van der Waals surface area contributed by atoms with Gasteiger partial charge in [0.05, 0.1) is 11.1 Å². The highest BCUT2D eigenvalue weighted by atomic mass is 32.2. The number of nitrogens with one attached hydrogen (secondary N) is 1. The van der Waals surface area contributed by atoms with Gasteiger partial charge in [-0.25, -0.2) is 4.39 Å². The Kier molecular flexibility index (Phi) is 6.09. The molecule has 2 atom stereocenters. The number of carbonyl (C=O) groups is 1. The van der Waals surface area contributed by atoms with Crippen LogP contribution in [0.25, 0.3) is 10.9 Å². The summed E-state index contributed by atoms with van der Waals surface area (Å²) < 4.78 is 25.1. The van der Waals surface area contributed by atoms with Crippen molar-refractivity contribution in [1.82, 2.24) is 10.3 Å². The molecule has 1 heterocycles. The van der Waals surface area contributed by atoms with Crippen molar-refractivity contribution < 1.29 is 18.5 Å². The van der Waals surface area contributed by atoms with Gasteiger partial charge in [-0.15, -0.1) is 0 Å². The summed E-state index contributed by atoms with van der Waals surface area (Å²) in [6.07, 6.45) is 8.02. The quantitative estimate of drug-likeness (QED) is 0.816. The summed E-state index contributed by atoms with van der Waals surface area (Å²) in [7, 11) is -0.789. The molecule has 2 aromatic rings. The summed E-state index contributed by atoms with van der Waals surface area (Å²) in [6.45, 7) is 2.03. The van der Waals surface area contributed by atoms with E-state index in [1.165, 1.54) is 18.3 Å². The summed E-state index contributed by atoms with van der Waals surface area (Å²) in [5.74, 6) is -0.841. The molecule has 1 aromatic heterocycles. The second-order valence-corrected chi connectivity index (χ2v) is 9.26. The van der Waals surface area contributed by atoms with E-state index in [0.29, 0.717) is 22.4 Å². The average Bonchev–Trinajstić information content (AvgIpc) is 2.63. The second-order valence-electron chi connectivity index (χ2n) is 7.46. The first kappa shape index (κ1) is 19.7. The van der Waals surface area contributed by atoms with Gasteiger partial charge >= 0.3 is 0 Å². The van der Waals surface area contributed by atoms with Crippen LogP contribution >= 0.6 is 0 Å². The number of aromatic nitrogens is 1. The molecule has 1 aliphatic carbocycles. The van der Waals surface area contributed by atoms with Gasteiger partial charge in [0.15, 0.2) is 11.6 Å². The number of nitrogens with zero attached hydrogens (tertiary/aromatic N) is 1. The van der Waals surface area contributed by atoms with Crippen LogP contribution in [-0.4, -0.2) is 37.8 Å². The third kappa shape index (κ3) is 4.83. The predicted molar refractivity (Wildman–Crippen MR) is 105 cm³/mol. The summed E-state index contributed by atoms with van der Waals surface area (Å²) in [6, 6.07) is 4.13. The number of hydrogen-bond acceptors (Lipinski definition) is 4. The molecule has 3 rings (SSSR count). The Hall–Kier alpha value is -2.02. The summed E-state index contributed by atoms with van der Waals surface area (Å²) in [4.78, 5) is 16.7. The zero-order valence-electron chi connectivity index (χ0n) is 15.6. The molecule has 146 valence electrons. The predicted octanol–water partition coefficient (Wildman–Crippen LogP) is 3.53. The number of aromatic hydroxyl groups is 1. The smallest absolute Gasteiger partial charge is 0.253 e. The molecule has 1 fully saturated rings. The van der Waals surface area contributed by atoms with Crippen molar-refractivity contribution in [1.29, 1.82) is 0 Å². The molecule has 5 nitrogen and oxygen atoms in total. The van der Waals surface area contributed by atoms with Crippen LogP contribution in [0.4, 0.5) is 4.39 Å². The molecule has 1 aromatic carbocycles. The van der Waals surface area contributed by atoms with Gasteiger partial charge in [0.2, 0.25) is 0 Å². The topological polar surface area (TPSA) is 79.3 Å². The van der Waals surface area contributed by atoms with Gasteiger partial charge in [-0.2, -0.15) is 0 Å². The van der Waals surface area contributed by atoms with Crippen LogP contribution in [-0.2, 0) is 10.8 Å². The van der Waals surface area contributed by atoms with Crippen LogP contribution in [0, 0.1) is 11.7 Å². The lowest BCUT2D eigenvalue weighted by molar-refractivity contribution is 0.0921. The fourth-order valence-corrected chi connectivity index (χ4v) is 4.22. The molecule has 0 saturated heterocycles. The minimum absolute atomic E-state index is 0.114. The maximum absolute atomic E-state index is 13.5. The third-order valence-electron chi connectivity index (χ3n) is 5.43. The Bertz CT molecular complexity index is 866. The second kappa shape index (κ2) is 8.33. The number of fused-ring (bicyclic) bond motifs is 1. The number of carbonyl (C=O) groups excluding carboxylic acids is 1. The molecule has 7 heteroatoms. The van der Waals surface area contributed by atoms with Gasteiger partial charge in [-0.1, -0.05) is 6.92 Å². The Balaban J connectivity index is 1.59. The van der Waals surface area contributed by atoms with E-state index in [1.54, 1.807) is 12.3 Å². The number of rotatable bonds is 5. The van der Waals surface area contributed by atoms with E-state index in [1.807, 2.05) is 6.92 Å². The SMILES string of the molecule is CC(CC1CCC(NC(=O)c2cnc3cc(O)c(F)cc3c2)CC1)S(C)=O. The van der Waals surface area contributed by atoms with E-state index in [2.05, 4.69) is 10.3 Å². The molecule has 0 aliphatic heterocycles. The molecule has 0 bridgehead atoms. The number of halogens is 1. The standard InChI is InChI=1S/C20H25FN2O3S/c1-12(27(2)26)7-13-3-5-16(6-4-13)23-20(25)15-8-14-9-17(21)19(24)10-18(14)22-11-15/h8-13,16,24H,3-7H2,1-2H3,(H,23,25). The summed E-state index contributed by atoms with van der Waals surface area (Å²) in [5.41, 5.74) is 0.818. The van der Waals surface area contributed by atoms with Gasteiger partial charge in [-0.05, 0) is 50.2 Å². The number of benzene rings is 1. The summed E-state index contributed by atoms with van der Waals surface area (Å²) in [5, 5.41) is 13.1. The third-order valence-corrected chi connectivity index (χ3v) is 6.75. The highest BCUT2D eigenvalue weighted by Gasteiger charge is 2.25. The van der Waals surface area contributed by atoms with E-state index < -0.39 is 22.4 Å². The number of amides is 1. The van der Waals surface area contributed by atoms with Crippen molar-refractivity contribution in [3.8, 4) is 5.75 Å². The highest BCUT2D eigenvalue weighted by Crippen LogP contribution is 2.29. The van der Waals surface area contributed by atoms with Crippen molar-refractivity contribution in [3.05, 3.63) is 35.8 Å². The number of phenols is 1. The van der Waals surface area contributed by atoms with Gasteiger partial charge in [0, 0.05) is 46.0 Å². The van der Waals surface area contributed by atoms with Gasteiger partial charge in [0.25, 0.3) is 5.91 Å². The number of phenolic OH excluding ortho intramolecular Hbond substituents is 1. The first-order valence-corrected chi connectivity index (χ1v) is 10.9. The molecule has 0 radical (unpaired) electrons. The molecular formula is C20H25FN2O3S. The van der Waals surface area contributed by atoms with Crippen LogP contribution in [0.2, 0.25) is 0 Å². The van der Waals surface area contributed by atoms with Crippen LogP contribution in [0.15, 0.2) is 24.4 Å². The first-order chi connectivity index (χ1) is 12.8. The van der Waals surface area contributed by atoms with Crippen molar-refractivity contribution in [2.24, 2.45) is 5.92 Å². The zero-order valence-corrected chi connectivity index (χ0v) is 16.4. The van der Waals surface area contributed by atoms with Crippen molar-refractivity contribution >= 4 is 27.6 Å². The van der Waals surface area contributed by atoms with Crippen LogP contribution in [0.3, 0.4) is 0 Å². The van der Waals surface area contributed by atoms with Gasteiger partial charge in [-0.3, -0.25) is 14.0 Å². The molecule has 0 spiro atoms. The van der Waals surface area contributed by atoms with Crippen molar-refractivity contribution in [3.63, 3.8) is 0 Å². The van der Waals surface area contributed by atoms with E-state index in [0.717, 1.165) is 32.1 Å². The van der Waals surface area contributed by atoms with Crippen molar-refractivity contribution in [2.45, 2.75) is 50.3 Å². The Labute approximate surface area is 160 Å². The first-order valence-electron chi connectivity index (χ1n) is 9.25. The van der Waals surface area contributed by atoms with Crippen LogP contribution < -0.4 is 5.32 Å². The Morgan fingerprint density at radius 2 is 2.04 bits per heavy atom. The lowest BCUT2D eigenvalue weighted by Crippen LogP contribution is -2.38. The van der Waals surface area contributed by atoms with Gasteiger partial charge in [0.1, 0.15) is 0 Å².